The van der Waals surface area contributed by atoms with Crippen molar-refractivity contribution in [3.8, 4) is 17.6 Å². The first-order valence-corrected chi connectivity index (χ1v) is 8.35. The molecule has 0 unspecified atom stereocenters. The molecule has 3 heteroatoms. The SMILES string of the molecule is COc1ccc([C@H](C#Cc2ccccc2)Nc2ccc(Cl)cc2)cc1. The number of hydrogen-bond donors (Lipinski definition) is 1. The standard InChI is InChI=1S/C22H18ClNO/c1-25-21-14-8-18(9-15-21)22(16-7-17-5-3-2-4-6-17)24-20-12-10-19(23)11-13-20/h2-6,8-15,22,24H,1H3/t22-/m0/s1. The second kappa shape index (κ2) is 8.28. The summed E-state index contributed by atoms with van der Waals surface area (Å²) in [5, 5.41) is 4.17. The number of ether oxygens (including phenoxy) is 1. The minimum Gasteiger partial charge on any atom is -0.497 e. The molecule has 25 heavy (non-hydrogen) atoms. The third-order valence-corrected chi connectivity index (χ3v) is 3.99. The van der Waals surface area contributed by atoms with Crippen LogP contribution in [0.25, 0.3) is 0 Å². The molecule has 3 aromatic carbocycles. The number of anilines is 1. The summed E-state index contributed by atoms with van der Waals surface area (Å²) in [5.74, 6) is 7.38. The van der Waals surface area contributed by atoms with Gasteiger partial charge in [0.05, 0.1) is 7.11 Å². The molecule has 1 N–H and O–H groups in total. The molecule has 0 aromatic heterocycles. The minimum absolute atomic E-state index is 0.146. The first kappa shape index (κ1) is 17.0. The zero-order valence-electron chi connectivity index (χ0n) is 13.9. The van der Waals surface area contributed by atoms with E-state index in [9.17, 15) is 0 Å². The van der Waals surface area contributed by atoms with Crippen LogP contribution >= 0.6 is 11.6 Å². The lowest BCUT2D eigenvalue weighted by Crippen LogP contribution is -2.08. The van der Waals surface area contributed by atoms with Gasteiger partial charge in [0, 0.05) is 16.3 Å². The molecule has 0 amide bonds. The maximum absolute atomic E-state index is 5.97. The fraction of sp³-hybridized carbons (Fsp3) is 0.0909. The fourth-order valence-corrected chi connectivity index (χ4v) is 2.51. The molecule has 0 saturated heterocycles. The third kappa shape index (κ3) is 4.79. The number of nitrogens with one attached hydrogen (secondary N) is 1. The van der Waals surface area contributed by atoms with Crippen LogP contribution in [0.1, 0.15) is 17.2 Å². The van der Waals surface area contributed by atoms with Crippen molar-refractivity contribution in [1.82, 2.24) is 0 Å². The van der Waals surface area contributed by atoms with Crippen molar-refractivity contribution in [2.45, 2.75) is 6.04 Å². The fourth-order valence-electron chi connectivity index (χ4n) is 2.39. The number of methoxy groups -OCH3 is 1. The maximum atomic E-state index is 5.97. The van der Waals surface area contributed by atoms with Crippen LogP contribution in [0, 0.1) is 11.8 Å². The van der Waals surface area contributed by atoms with Crippen molar-refractivity contribution in [3.05, 3.63) is 95.0 Å². The van der Waals surface area contributed by atoms with Crippen LogP contribution in [0.15, 0.2) is 78.9 Å². The molecule has 3 aromatic rings. The number of halogens is 1. The van der Waals surface area contributed by atoms with E-state index in [2.05, 4.69) is 17.2 Å². The first-order chi connectivity index (χ1) is 12.2. The van der Waals surface area contributed by atoms with Crippen LogP contribution < -0.4 is 10.1 Å². The molecular formula is C22H18ClNO. The Labute approximate surface area is 153 Å². The van der Waals surface area contributed by atoms with Gasteiger partial charge in [-0.1, -0.05) is 53.8 Å². The maximum Gasteiger partial charge on any atom is 0.118 e. The predicted octanol–water partition coefficient (Wildman–Crippen LogP) is 5.55. The molecular weight excluding hydrogens is 330 g/mol. The van der Waals surface area contributed by atoms with Crippen molar-refractivity contribution < 1.29 is 4.74 Å². The van der Waals surface area contributed by atoms with Gasteiger partial charge in [-0.3, -0.25) is 0 Å². The van der Waals surface area contributed by atoms with E-state index in [4.69, 9.17) is 16.3 Å². The van der Waals surface area contributed by atoms with Gasteiger partial charge in [0.1, 0.15) is 11.8 Å². The van der Waals surface area contributed by atoms with Gasteiger partial charge in [-0.25, -0.2) is 0 Å². The highest BCUT2D eigenvalue weighted by molar-refractivity contribution is 6.30. The molecule has 0 aliphatic rings. The average Bonchev–Trinajstić information content (AvgIpc) is 2.67. The summed E-state index contributed by atoms with van der Waals surface area (Å²) in [6, 6.07) is 25.3. The molecule has 0 radical (unpaired) electrons. The van der Waals surface area contributed by atoms with Gasteiger partial charge in [-0.05, 0) is 54.1 Å². The molecule has 1 atom stereocenters. The van der Waals surface area contributed by atoms with E-state index in [1.807, 2.05) is 78.9 Å². The van der Waals surface area contributed by atoms with E-state index in [1.165, 1.54) is 0 Å². The van der Waals surface area contributed by atoms with Gasteiger partial charge in [-0.2, -0.15) is 0 Å². The van der Waals surface area contributed by atoms with Crippen molar-refractivity contribution in [2.24, 2.45) is 0 Å². The van der Waals surface area contributed by atoms with Crippen LogP contribution in [0.5, 0.6) is 5.75 Å². The lowest BCUT2D eigenvalue weighted by molar-refractivity contribution is 0.414. The van der Waals surface area contributed by atoms with E-state index in [0.717, 1.165) is 22.6 Å². The smallest absolute Gasteiger partial charge is 0.118 e. The highest BCUT2D eigenvalue weighted by Gasteiger charge is 2.09. The molecule has 3 rings (SSSR count). The van der Waals surface area contributed by atoms with Gasteiger partial charge >= 0.3 is 0 Å². The van der Waals surface area contributed by atoms with Crippen molar-refractivity contribution >= 4 is 17.3 Å². The Morgan fingerprint density at radius 1 is 0.880 bits per heavy atom. The largest absolute Gasteiger partial charge is 0.497 e. The number of rotatable bonds is 4. The van der Waals surface area contributed by atoms with Crippen LogP contribution in [0.4, 0.5) is 5.69 Å². The summed E-state index contributed by atoms with van der Waals surface area (Å²) in [7, 11) is 1.66. The van der Waals surface area contributed by atoms with Crippen molar-refractivity contribution in [1.29, 1.82) is 0 Å². The molecule has 0 spiro atoms. The Hall–Kier alpha value is -2.89. The van der Waals surface area contributed by atoms with Crippen LogP contribution in [0.2, 0.25) is 5.02 Å². The second-order valence-electron chi connectivity index (χ2n) is 5.49. The lowest BCUT2D eigenvalue weighted by Gasteiger charge is -2.15. The summed E-state index contributed by atoms with van der Waals surface area (Å²) in [6.07, 6.45) is 0. The monoisotopic (exact) mass is 347 g/mol. The number of hydrogen-bond acceptors (Lipinski definition) is 2. The van der Waals surface area contributed by atoms with Crippen LogP contribution in [-0.4, -0.2) is 7.11 Å². The Bertz CT molecular complexity index is 862. The molecule has 0 saturated carbocycles. The van der Waals surface area contributed by atoms with E-state index in [0.29, 0.717) is 5.02 Å². The highest BCUT2D eigenvalue weighted by Crippen LogP contribution is 2.23. The average molecular weight is 348 g/mol. The van der Waals surface area contributed by atoms with Gasteiger partial charge in [0.25, 0.3) is 0 Å². The van der Waals surface area contributed by atoms with Crippen LogP contribution in [0.3, 0.4) is 0 Å². The normalized spacial score (nSPS) is 11.1. The Morgan fingerprint density at radius 3 is 2.20 bits per heavy atom. The third-order valence-electron chi connectivity index (χ3n) is 3.74. The quantitative estimate of drug-likeness (QED) is 0.624. The van der Waals surface area contributed by atoms with E-state index in [-0.39, 0.29) is 6.04 Å². The van der Waals surface area contributed by atoms with Crippen molar-refractivity contribution in [2.75, 3.05) is 12.4 Å². The summed E-state index contributed by atoms with van der Waals surface area (Å²) < 4.78 is 5.24. The summed E-state index contributed by atoms with van der Waals surface area (Å²) in [4.78, 5) is 0. The zero-order chi connectivity index (χ0) is 17.5. The van der Waals surface area contributed by atoms with Gasteiger partial charge in [-0.15, -0.1) is 0 Å². The minimum atomic E-state index is -0.146. The summed E-state index contributed by atoms with van der Waals surface area (Å²) in [6.45, 7) is 0. The first-order valence-electron chi connectivity index (χ1n) is 7.97. The van der Waals surface area contributed by atoms with Gasteiger partial charge in [0.15, 0.2) is 0 Å². The second-order valence-corrected chi connectivity index (χ2v) is 5.93. The van der Waals surface area contributed by atoms with E-state index >= 15 is 0 Å². The molecule has 2 nitrogen and oxygen atoms in total. The molecule has 124 valence electrons. The molecule has 0 heterocycles. The summed E-state index contributed by atoms with van der Waals surface area (Å²) in [5.41, 5.74) is 3.02. The Morgan fingerprint density at radius 2 is 1.56 bits per heavy atom. The zero-order valence-corrected chi connectivity index (χ0v) is 14.6. The molecule has 0 bridgehead atoms. The van der Waals surface area contributed by atoms with Crippen molar-refractivity contribution in [3.63, 3.8) is 0 Å². The summed E-state index contributed by atoms with van der Waals surface area (Å²) >= 11 is 5.97. The molecule has 0 fully saturated rings. The lowest BCUT2D eigenvalue weighted by atomic mass is 10.1. The molecule has 0 aliphatic heterocycles. The highest BCUT2D eigenvalue weighted by atomic mass is 35.5. The predicted molar refractivity (Wildman–Crippen MR) is 104 cm³/mol. The Balaban J connectivity index is 1.89. The molecule has 0 aliphatic carbocycles. The Kier molecular flexibility index (Phi) is 5.61. The topological polar surface area (TPSA) is 21.3 Å². The number of benzene rings is 3. The van der Waals surface area contributed by atoms with Crippen LogP contribution in [-0.2, 0) is 0 Å². The van der Waals surface area contributed by atoms with Gasteiger partial charge < -0.3 is 10.1 Å². The van der Waals surface area contributed by atoms with Gasteiger partial charge in [0.2, 0.25) is 0 Å². The van der Waals surface area contributed by atoms with E-state index < -0.39 is 0 Å². The van der Waals surface area contributed by atoms with E-state index in [1.54, 1.807) is 7.11 Å².